The molecule has 108 valence electrons. The molecule has 21 heavy (non-hydrogen) atoms. The lowest BCUT2D eigenvalue weighted by Crippen LogP contribution is -2.41. The molecule has 0 N–H and O–H groups in total. The number of nitrogens with zero attached hydrogens (tertiary/aromatic N) is 2. The van der Waals surface area contributed by atoms with Crippen molar-refractivity contribution < 1.29 is 0 Å². The van der Waals surface area contributed by atoms with Gasteiger partial charge in [0.15, 0.2) is 0 Å². The van der Waals surface area contributed by atoms with Crippen LogP contribution in [0.15, 0.2) is 60.9 Å². The van der Waals surface area contributed by atoms with Crippen molar-refractivity contribution in [3.05, 3.63) is 66.5 Å². The van der Waals surface area contributed by atoms with E-state index in [-0.39, 0.29) is 0 Å². The highest BCUT2D eigenvalue weighted by molar-refractivity contribution is 5.53. The van der Waals surface area contributed by atoms with E-state index >= 15 is 0 Å². The Labute approximate surface area is 127 Å². The average Bonchev–Trinajstić information content (AvgIpc) is 2.55. The summed E-state index contributed by atoms with van der Waals surface area (Å²) >= 11 is 0. The highest BCUT2D eigenvalue weighted by Gasteiger charge is 2.24. The molecule has 0 spiro atoms. The molecular formula is C19H22N2. The van der Waals surface area contributed by atoms with Gasteiger partial charge in [0.05, 0.1) is 0 Å². The quantitative estimate of drug-likeness (QED) is 0.827. The minimum absolute atomic E-state index is 0.476. The number of aromatic nitrogens is 1. The molecule has 1 saturated heterocycles. The van der Waals surface area contributed by atoms with E-state index in [9.17, 15) is 0 Å². The lowest BCUT2D eigenvalue weighted by molar-refractivity contribution is 0.409. The first-order valence-electron chi connectivity index (χ1n) is 7.73. The van der Waals surface area contributed by atoms with Gasteiger partial charge in [0, 0.05) is 30.7 Å². The zero-order chi connectivity index (χ0) is 14.5. The summed E-state index contributed by atoms with van der Waals surface area (Å²) in [7, 11) is 0. The van der Waals surface area contributed by atoms with Gasteiger partial charge in [-0.1, -0.05) is 49.4 Å². The molecule has 0 radical (unpaired) electrons. The maximum absolute atomic E-state index is 4.13. The third kappa shape index (κ3) is 3.52. The number of anilines is 1. The summed E-state index contributed by atoms with van der Waals surface area (Å²) < 4.78 is 0. The van der Waals surface area contributed by atoms with Crippen molar-refractivity contribution in [3.8, 4) is 0 Å². The number of benzene rings is 1. The van der Waals surface area contributed by atoms with Crippen LogP contribution in [0.1, 0.15) is 25.3 Å². The average molecular weight is 278 g/mol. The van der Waals surface area contributed by atoms with Gasteiger partial charge in [-0.15, -0.1) is 0 Å². The molecule has 0 amide bonds. The summed E-state index contributed by atoms with van der Waals surface area (Å²) in [6, 6.07) is 15.2. The molecule has 1 aliphatic rings. The van der Waals surface area contributed by atoms with Crippen LogP contribution in [-0.4, -0.2) is 17.6 Å². The number of pyridine rings is 1. The maximum Gasteiger partial charge on any atom is 0.0476 e. The zero-order valence-corrected chi connectivity index (χ0v) is 12.5. The second-order valence-electron chi connectivity index (χ2n) is 5.88. The van der Waals surface area contributed by atoms with Gasteiger partial charge in [-0.05, 0) is 36.5 Å². The van der Waals surface area contributed by atoms with Gasteiger partial charge < -0.3 is 4.90 Å². The SMILES string of the molecule is CC1CCC(C=Cc2ccccc2)N(c2ccncc2)C1. The largest absolute Gasteiger partial charge is 0.365 e. The van der Waals surface area contributed by atoms with Gasteiger partial charge in [0.2, 0.25) is 0 Å². The number of piperidine rings is 1. The van der Waals surface area contributed by atoms with E-state index in [1.54, 1.807) is 0 Å². The second-order valence-corrected chi connectivity index (χ2v) is 5.88. The van der Waals surface area contributed by atoms with Crippen molar-refractivity contribution in [1.82, 2.24) is 4.98 Å². The predicted molar refractivity (Wildman–Crippen MR) is 89.2 cm³/mol. The lowest BCUT2D eigenvalue weighted by atomic mass is 9.93. The van der Waals surface area contributed by atoms with Crippen LogP contribution in [0.5, 0.6) is 0 Å². The van der Waals surface area contributed by atoms with Crippen LogP contribution < -0.4 is 4.90 Å². The Balaban J connectivity index is 1.80. The normalized spacial score (nSPS) is 22.6. The fraction of sp³-hybridized carbons (Fsp3) is 0.316. The van der Waals surface area contributed by atoms with Crippen LogP contribution >= 0.6 is 0 Å². The lowest BCUT2D eigenvalue weighted by Gasteiger charge is -2.39. The Bertz CT molecular complexity index is 577. The van der Waals surface area contributed by atoms with Crippen molar-refractivity contribution in [2.24, 2.45) is 5.92 Å². The summed E-state index contributed by atoms with van der Waals surface area (Å²) in [5.74, 6) is 0.750. The molecule has 2 heterocycles. The molecule has 1 aromatic heterocycles. The Hall–Kier alpha value is -2.09. The van der Waals surface area contributed by atoms with Crippen LogP contribution in [0.25, 0.3) is 6.08 Å². The van der Waals surface area contributed by atoms with Crippen LogP contribution in [-0.2, 0) is 0 Å². The van der Waals surface area contributed by atoms with Gasteiger partial charge in [0.25, 0.3) is 0 Å². The molecule has 1 aromatic carbocycles. The molecular weight excluding hydrogens is 256 g/mol. The number of hydrogen-bond acceptors (Lipinski definition) is 2. The van der Waals surface area contributed by atoms with Gasteiger partial charge in [0.1, 0.15) is 0 Å². The van der Waals surface area contributed by atoms with Gasteiger partial charge in [-0.3, -0.25) is 4.98 Å². The van der Waals surface area contributed by atoms with E-state index in [1.165, 1.54) is 24.1 Å². The first-order chi connectivity index (χ1) is 10.3. The molecule has 1 fully saturated rings. The molecule has 0 saturated carbocycles. The molecule has 2 aromatic rings. The summed E-state index contributed by atoms with van der Waals surface area (Å²) in [5.41, 5.74) is 2.55. The summed E-state index contributed by atoms with van der Waals surface area (Å²) in [6.45, 7) is 3.46. The Kier molecular flexibility index (Phi) is 4.34. The highest BCUT2D eigenvalue weighted by atomic mass is 15.2. The fourth-order valence-electron chi connectivity index (χ4n) is 2.99. The summed E-state index contributed by atoms with van der Waals surface area (Å²) in [6.07, 6.45) is 10.9. The van der Waals surface area contributed by atoms with Crippen molar-refractivity contribution in [2.75, 3.05) is 11.4 Å². The van der Waals surface area contributed by atoms with Gasteiger partial charge in [-0.2, -0.15) is 0 Å². The third-order valence-electron chi connectivity index (χ3n) is 4.17. The van der Waals surface area contributed by atoms with E-state index in [0.717, 1.165) is 12.5 Å². The Morgan fingerprint density at radius 3 is 2.57 bits per heavy atom. The van der Waals surface area contributed by atoms with Crippen LogP contribution in [0.3, 0.4) is 0 Å². The van der Waals surface area contributed by atoms with Crippen molar-refractivity contribution in [1.29, 1.82) is 0 Å². The first-order valence-corrected chi connectivity index (χ1v) is 7.73. The number of rotatable bonds is 3. The predicted octanol–water partition coefficient (Wildman–Crippen LogP) is 4.40. The maximum atomic E-state index is 4.13. The second kappa shape index (κ2) is 6.57. The van der Waals surface area contributed by atoms with E-state index in [1.807, 2.05) is 12.4 Å². The molecule has 2 heteroatoms. The standard InChI is InChI=1S/C19H22N2/c1-16-7-9-18(10-8-17-5-3-2-4-6-17)21(15-16)19-11-13-20-14-12-19/h2-6,8,10-14,16,18H,7,9,15H2,1H3. The molecule has 2 nitrogen and oxygen atoms in total. The van der Waals surface area contributed by atoms with E-state index < -0.39 is 0 Å². The molecule has 0 aliphatic carbocycles. The van der Waals surface area contributed by atoms with Crippen molar-refractivity contribution >= 4 is 11.8 Å². The molecule has 3 rings (SSSR count). The number of hydrogen-bond donors (Lipinski definition) is 0. The molecule has 1 aliphatic heterocycles. The zero-order valence-electron chi connectivity index (χ0n) is 12.5. The van der Waals surface area contributed by atoms with E-state index in [4.69, 9.17) is 0 Å². The summed E-state index contributed by atoms with van der Waals surface area (Å²) in [4.78, 5) is 6.64. The van der Waals surface area contributed by atoms with Crippen molar-refractivity contribution in [3.63, 3.8) is 0 Å². The van der Waals surface area contributed by atoms with Crippen LogP contribution in [0.2, 0.25) is 0 Å². The molecule has 2 atom stereocenters. The van der Waals surface area contributed by atoms with Gasteiger partial charge in [-0.25, -0.2) is 0 Å². The van der Waals surface area contributed by atoms with Crippen molar-refractivity contribution in [2.45, 2.75) is 25.8 Å². The topological polar surface area (TPSA) is 16.1 Å². The van der Waals surface area contributed by atoms with Crippen LogP contribution in [0, 0.1) is 5.92 Å². The Morgan fingerprint density at radius 2 is 1.81 bits per heavy atom. The summed E-state index contributed by atoms with van der Waals surface area (Å²) in [5, 5.41) is 0. The molecule has 2 unspecified atom stereocenters. The highest BCUT2D eigenvalue weighted by Crippen LogP contribution is 2.28. The van der Waals surface area contributed by atoms with E-state index in [2.05, 4.69) is 71.4 Å². The van der Waals surface area contributed by atoms with Crippen LogP contribution in [0.4, 0.5) is 5.69 Å². The first kappa shape index (κ1) is 13.9. The fourth-order valence-corrected chi connectivity index (χ4v) is 2.99. The smallest absolute Gasteiger partial charge is 0.0476 e. The minimum Gasteiger partial charge on any atom is -0.365 e. The Morgan fingerprint density at radius 1 is 1.05 bits per heavy atom. The monoisotopic (exact) mass is 278 g/mol. The molecule has 0 bridgehead atoms. The minimum atomic E-state index is 0.476. The van der Waals surface area contributed by atoms with Gasteiger partial charge >= 0.3 is 0 Å². The third-order valence-corrected chi connectivity index (χ3v) is 4.17. The van der Waals surface area contributed by atoms with E-state index in [0.29, 0.717) is 6.04 Å².